The van der Waals surface area contributed by atoms with Crippen molar-refractivity contribution in [3.8, 4) is 0 Å². The van der Waals surface area contributed by atoms with E-state index in [9.17, 15) is 4.79 Å². The Morgan fingerprint density at radius 3 is 1.88 bits per heavy atom. The van der Waals surface area contributed by atoms with Crippen LogP contribution in [0.4, 0.5) is 0 Å². The van der Waals surface area contributed by atoms with Crippen LogP contribution in [0.5, 0.6) is 0 Å². The molecule has 0 N–H and O–H groups in total. The first-order valence-corrected chi connectivity index (χ1v) is 10.7. The van der Waals surface area contributed by atoms with Crippen LogP contribution in [0.15, 0.2) is 0 Å². The van der Waals surface area contributed by atoms with Crippen LogP contribution in [-0.4, -0.2) is 13.9 Å². The van der Waals surface area contributed by atoms with E-state index in [2.05, 4.69) is 26.6 Å². The Labute approximate surface area is 103 Å². The highest BCUT2D eigenvalue weighted by atomic mass is 28.3. The third-order valence-electron chi connectivity index (χ3n) is 2.79. The number of unbranched alkanes of at least 4 members (excludes halogenated alkanes) is 6. The van der Waals surface area contributed by atoms with E-state index in [0.717, 1.165) is 18.9 Å². The van der Waals surface area contributed by atoms with Crippen molar-refractivity contribution in [2.24, 2.45) is 0 Å². The van der Waals surface area contributed by atoms with Crippen LogP contribution in [0, 0.1) is 0 Å². The Bertz CT molecular complexity index is 182. The maximum absolute atomic E-state index is 11.6. The molecule has 0 aliphatic carbocycles. The molecule has 0 bridgehead atoms. The largest absolute Gasteiger partial charge is 0.300 e. The minimum absolute atomic E-state index is 0.507. The van der Waals surface area contributed by atoms with Crippen molar-refractivity contribution in [1.82, 2.24) is 0 Å². The van der Waals surface area contributed by atoms with Gasteiger partial charge in [-0.3, -0.25) is 0 Å². The predicted octanol–water partition coefficient (Wildman–Crippen LogP) is 5.03. The summed E-state index contributed by atoms with van der Waals surface area (Å²) >= 11 is 0. The molecule has 0 aliphatic rings. The lowest BCUT2D eigenvalue weighted by Gasteiger charge is -2.13. The molecule has 0 spiro atoms. The lowest BCUT2D eigenvalue weighted by molar-refractivity contribution is -0.117. The molecule has 0 atom stereocenters. The quantitative estimate of drug-likeness (QED) is 0.388. The molecule has 96 valence electrons. The summed E-state index contributed by atoms with van der Waals surface area (Å²) in [6.07, 6.45) is 9.94. The lowest BCUT2D eigenvalue weighted by Crippen LogP contribution is -2.23. The molecule has 0 aromatic heterocycles. The van der Waals surface area contributed by atoms with Crippen molar-refractivity contribution in [2.75, 3.05) is 0 Å². The lowest BCUT2D eigenvalue weighted by atomic mass is 10.1. The molecule has 0 rings (SSSR count). The molecule has 0 fully saturated rings. The molecule has 1 nitrogen and oxygen atoms in total. The van der Waals surface area contributed by atoms with E-state index in [-0.39, 0.29) is 0 Å². The van der Waals surface area contributed by atoms with Gasteiger partial charge in [0, 0.05) is 12.5 Å². The average molecular weight is 242 g/mol. The standard InChI is InChI=1S/C14H30OSi/c1-5-6-7-8-9-10-11-12-14(15)13-16(2,3)4/h5-13H2,1-4H3. The zero-order chi connectivity index (χ0) is 12.4. The highest BCUT2D eigenvalue weighted by molar-refractivity contribution is 6.78. The molecule has 0 aromatic rings. The molecule has 0 saturated carbocycles. The van der Waals surface area contributed by atoms with Gasteiger partial charge in [0.25, 0.3) is 0 Å². The Morgan fingerprint density at radius 2 is 1.38 bits per heavy atom. The third-order valence-corrected chi connectivity index (χ3v) is 4.24. The number of rotatable bonds is 10. The molecular formula is C14H30OSi. The Balaban J connectivity index is 3.28. The summed E-state index contributed by atoms with van der Waals surface area (Å²) in [5.74, 6) is 0.507. The fraction of sp³-hybridized carbons (Fsp3) is 0.929. The smallest absolute Gasteiger partial charge is 0.130 e. The second kappa shape index (κ2) is 8.97. The molecular weight excluding hydrogens is 212 g/mol. The summed E-state index contributed by atoms with van der Waals surface area (Å²) < 4.78 is 0. The van der Waals surface area contributed by atoms with Crippen LogP contribution in [0.25, 0.3) is 0 Å². The first-order chi connectivity index (χ1) is 7.45. The molecule has 2 heteroatoms. The van der Waals surface area contributed by atoms with Crippen LogP contribution >= 0.6 is 0 Å². The fourth-order valence-corrected chi connectivity index (χ4v) is 3.32. The summed E-state index contributed by atoms with van der Waals surface area (Å²) in [5.41, 5.74) is 0. The van der Waals surface area contributed by atoms with Gasteiger partial charge in [0.15, 0.2) is 0 Å². The van der Waals surface area contributed by atoms with Gasteiger partial charge in [-0.2, -0.15) is 0 Å². The first-order valence-electron chi connectivity index (χ1n) is 6.97. The van der Waals surface area contributed by atoms with Crippen LogP contribution in [0.2, 0.25) is 25.7 Å². The van der Waals surface area contributed by atoms with E-state index in [1.807, 2.05) is 0 Å². The summed E-state index contributed by atoms with van der Waals surface area (Å²) in [6, 6.07) is 0.878. The van der Waals surface area contributed by atoms with Gasteiger partial charge < -0.3 is 4.79 Å². The third kappa shape index (κ3) is 12.0. The summed E-state index contributed by atoms with van der Waals surface area (Å²) in [5, 5.41) is 0. The molecule has 0 unspecified atom stereocenters. The normalized spacial score (nSPS) is 11.8. The van der Waals surface area contributed by atoms with E-state index in [4.69, 9.17) is 0 Å². The van der Waals surface area contributed by atoms with E-state index in [1.54, 1.807) is 0 Å². The summed E-state index contributed by atoms with van der Waals surface area (Å²) in [4.78, 5) is 11.6. The molecule has 16 heavy (non-hydrogen) atoms. The van der Waals surface area contributed by atoms with Crippen LogP contribution < -0.4 is 0 Å². The van der Waals surface area contributed by atoms with Crippen molar-refractivity contribution >= 4 is 13.9 Å². The van der Waals surface area contributed by atoms with Crippen LogP contribution in [0.1, 0.15) is 58.3 Å². The highest BCUT2D eigenvalue weighted by Gasteiger charge is 2.17. The van der Waals surface area contributed by atoms with E-state index < -0.39 is 8.07 Å². The fourth-order valence-electron chi connectivity index (χ4n) is 1.96. The zero-order valence-electron chi connectivity index (χ0n) is 11.8. The minimum Gasteiger partial charge on any atom is -0.300 e. The predicted molar refractivity (Wildman–Crippen MR) is 75.8 cm³/mol. The number of hydrogen-bond acceptors (Lipinski definition) is 1. The van der Waals surface area contributed by atoms with E-state index >= 15 is 0 Å². The van der Waals surface area contributed by atoms with Gasteiger partial charge in [0.2, 0.25) is 0 Å². The van der Waals surface area contributed by atoms with Crippen molar-refractivity contribution < 1.29 is 4.79 Å². The Morgan fingerprint density at radius 1 is 0.875 bits per heavy atom. The molecule has 0 aromatic carbocycles. The van der Waals surface area contributed by atoms with Crippen molar-refractivity contribution in [3.05, 3.63) is 0 Å². The van der Waals surface area contributed by atoms with E-state index in [0.29, 0.717) is 5.78 Å². The topological polar surface area (TPSA) is 17.1 Å². The maximum Gasteiger partial charge on any atom is 0.130 e. The molecule has 0 amide bonds. The van der Waals surface area contributed by atoms with Gasteiger partial charge in [-0.25, -0.2) is 0 Å². The van der Waals surface area contributed by atoms with Crippen molar-refractivity contribution in [3.63, 3.8) is 0 Å². The average Bonchev–Trinajstić information content (AvgIpc) is 2.13. The number of Topliss-reactive ketones (excluding diaryl/α,β-unsaturated/α-hetero) is 1. The molecule has 0 saturated heterocycles. The van der Waals surface area contributed by atoms with Crippen molar-refractivity contribution in [1.29, 1.82) is 0 Å². The minimum atomic E-state index is -1.16. The van der Waals surface area contributed by atoms with Gasteiger partial charge in [0.05, 0.1) is 8.07 Å². The number of carbonyl (C=O) groups excluding carboxylic acids is 1. The second-order valence-electron chi connectivity index (χ2n) is 6.15. The highest BCUT2D eigenvalue weighted by Crippen LogP contribution is 2.13. The van der Waals surface area contributed by atoms with E-state index in [1.165, 1.54) is 38.5 Å². The van der Waals surface area contributed by atoms with Gasteiger partial charge in [-0.05, 0) is 6.42 Å². The molecule has 0 aliphatic heterocycles. The zero-order valence-corrected chi connectivity index (χ0v) is 12.8. The Kier molecular flexibility index (Phi) is 8.91. The summed E-state index contributed by atoms with van der Waals surface area (Å²) in [6.45, 7) is 9.07. The second-order valence-corrected chi connectivity index (χ2v) is 11.6. The maximum atomic E-state index is 11.6. The van der Waals surface area contributed by atoms with Gasteiger partial charge in [-0.1, -0.05) is 65.1 Å². The first kappa shape index (κ1) is 15.9. The molecule has 0 radical (unpaired) electrons. The van der Waals surface area contributed by atoms with Crippen LogP contribution in [-0.2, 0) is 4.79 Å². The molecule has 0 heterocycles. The van der Waals surface area contributed by atoms with Gasteiger partial charge >= 0.3 is 0 Å². The number of hydrogen-bond donors (Lipinski definition) is 0. The Hall–Kier alpha value is -0.113. The SMILES string of the molecule is CCCCCCCCCC(=O)C[Si](C)(C)C. The number of carbonyl (C=O) groups is 1. The van der Waals surface area contributed by atoms with Gasteiger partial charge in [0.1, 0.15) is 5.78 Å². The monoisotopic (exact) mass is 242 g/mol. The summed E-state index contributed by atoms with van der Waals surface area (Å²) in [7, 11) is -1.16. The van der Waals surface area contributed by atoms with Crippen LogP contribution in [0.3, 0.4) is 0 Å². The van der Waals surface area contributed by atoms with Crippen molar-refractivity contribution in [2.45, 2.75) is 84.0 Å². The van der Waals surface area contributed by atoms with Gasteiger partial charge in [-0.15, -0.1) is 0 Å². The number of ketones is 1.